The van der Waals surface area contributed by atoms with Crippen molar-refractivity contribution < 1.29 is 9.53 Å². The summed E-state index contributed by atoms with van der Waals surface area (Å²) in [5.41, 5.74) is 0.746. The summed E-state index contributed by atoms with van der Waals surface area (Å²) in [6.07, 6.45) is 5.82. The van der Waals surface area contributed by atoms with Crippen LogP contribution < -0.4 is 10.9 Å². The van der Waals surface area contributed by atoms with Crippen LogP contribution in [-0.4, -0.2) is 50.3 Å². The molecule has 1 aliphatic rings. The summed E-state index contributed by atoms with van der Waals surface area (Å²) >= 11 is 0. The van der Waals surface area contributed by atoms with Gasteiger partial charge in [0.2, 0.25) is 5.95 Å². The van der Waals surface area contributed by atoms with Gasteiger partial charge < -0.3 is 15.0 Å². The highest BCUT2D eigenvalue weighted by atomic mass is 16.6. The molecule has 0 spiro atoms. The molecule has 1 N–H and O–H groups in total. The van der Waals surface area contributed by atoms with Gasteiger partial charge in [0.1, 0.15) is 5.60 Å². The third-order valence-electron chi connectivity index (χ3n) is 4.77. The summed E-state index contributed by atoms with van der Waals surface area (Å²) in [6.45, 7) is 6.76. The molecule has 0 aromatic carbocycles. The van der Waals surface area contributed by atoms with Crippen LogP contribution in [0.15, 0.2) is 35.4 Å². The second-order valence-electron chi connectivity index (χ2n) is 8.36. The van der Waals surface area contributed by atoms with E-state index in [-0.39, 0.29) is 17.7 Å². The van der Waals surface area contributed by atoms with Crippen LogP contribution in [0.25, 0.3) is 11.3 Å². The Balaban J connectivity index is 1.80. The average Bonchev–Trinajstić information content (AvgIpc) is 2.90. The molecule has 29 heavy (non-hydrogen) atoms. The summed E-state index contributed by atoms with van der Waals surface area (Å²) in [4.78, 5) is 35.4. The predicted octanol–water partition coefficient (Wildman–Crippen LogP) is 3.04. The molecule has 2 aromatic rings. The van der Waals surface area contributed by atoms with Crippen molar-refractivity contribution in [2.45, 2.75) is 51.7 Å². The minimum atomic E-state index is -0.531. The van der Waals surface area contributed by atoms with Crippen LogP contribution in [0.4, 0.5) is 10.7 Å². The molecular formula is C21H29N5O3. The van der Waals surface area contributed by atoms with Crippen molar-refractivity contribution in [2.24, 2.45) is 7.05 Å². The van der Waals surface area contributed by atoms with E-state index in [4.69, 9.17) is 4.74 Å². The van der Waals surface area contributed by atoms with Gasteiger partial charge in [0, 0.05) is 50.2 Å². The Morgan fingerprint density at radius 3 is 2.66 bits per heavy atom. The molecule has 156 valence electrons. The fourth-order valence-electron chi connectivity index (χ4n) is 3.27. The van der Waals surface area contributed by atoms with Gasteiger partial charge in [-0.15, -0.1) is 0 Å². The lowest BCUT2D eigenvalue weighted by atomic mass is 10.1. The zero-order valence-electron chi connectivity index (χ0n) is 17.5. The quantitative estimate of drug-likeness (QED) is 0.853. The van der Waals surface area contributed by atoms with Gasteiger partial charge in [0.15, 0.2) is 0 Å². The lowest BCUT2D eigenvalue weighted by molar-refractivity contribution is 0.0252. The van der Waals surface area contributed by atoms with E-state index in [0.29, 0.717) is 24.7 Å². The molecule has 1 aliphatic heterocycles. The minimum Gasteiger partial charge on any atom is -0.444 e. The Kier molecular flexibility index (Phi) is 6.20. The first-order chi connectivity index (χ1) is 13.7. The number of nitrogens with one attached hydrogen (secondary N) is 1. The van der Waals surface area contributed by atoms with E-state index >= 15 is 0 Å². The van der Waals surface area contributed by atoms with Crippen molar-refractivity contribution in [3.05, 3.63) is 40.9 Å². The molecule has 0 saturated carbocycles. The highest BCUT2D eigenvalue weighted by Crippen LogP contribution is 2.20. The van der Waals surface area contributed by atoms with Gasteiger partial charge in [-0.3, -0.25) is 14.3 Å². The Morgan fingerprint density at radius 2 is 1.97 bits per heavy atom. The van der Waals surface area contributed by atoms with Crippen LogP contribution in [0, 0.1) is 0 Å². The van der Waals surface area contributed by atoms with Crippen molar-refractivity contribution in [1.82, 2.24) is 19.4 Å². The molecule has 0 unspecified atom stereocenters. The number of rotatable bonds is 3. The first-order valence-corrected chi connectivity index (χ1v) is 9.96. The first-order valence-electron chi connectivity index (χ1n) is 9.96. The van der Waals surface area contributed by atoms with Crippen molar-refractivity contribution >= 4 is 12.0 Å². The van der Waals surface area contributed by atoms with Crippen molar-refractivity contribution in [2.75, 3.05) is 18.4 Å². The standard InChI is InChI=1S/C21H29N5O3/c1-21(2,3)29-20(28)26-12-6-5-7-16(14-26)23-19-24-17(13-18(27)25(19)4)15-8-10-22-11-9-15/h8-11,13,16H,5-7,12,14H2,1-4H3,(H,23,24)/t16-/m0/s1. The van der Waals surface area contributed by atoms with Crippen LogP contribution in [-0.2, 0) is 11.8 Å². The minimum absolute atomic E-state index is 0.0178. The summed E-state index contributed by atoms with van der Waals surface area (Å²) in [6, 6.07) is 5.14. The Labute approximate surface area is 170 Å². The summed E-state index contributed by atoms with van der Waals surface area (Å²) in [7, 11) is 1.69. The second kappa shape index (κ2) is 8.63. The lowest BCUT2D eigenvalue weighted by Gasteiger charge is -2.29. The average molecular weight is 399 g/mol. The molecule has 3 rings (SSSR count). The topological polar surface area (TPSA) is 89.3 Å². The number of hydrogen-bond acceptors (Lipinski definition) is 6. The van der Waals surface area contributed by atoms with E-state index < -0.39 is 5.60 Å². The first kappa shape index (κ1) is 20.8. The van der Waals surface area contributed by atoms with Crippen molar-refractivity contribution in [3.63, 3.8) is 0 Å². The molecule has 8 nitrogen and oxygen atoms in total. The predicted molar refractivity (Wildman–Crippen MR) is 112 cm³/mol. The highest BCUT2D eigenvalue weighted by molar-refractivity contribution is 5.68. The number of anilines is 1. The fraction of sp³-hybridized carbons (Fsp3) is 0.524. The van der Waals surface area contributed by atoms with E-state index in [9.17, 15) is 9.59 Å². The number of carbonyl (C=O) groups excluding carboxylic acids is 1. The van der Waals surface area contributed by atoms with Crippen LogP contribution in [0.3, 0.4) is 0 Å². The molecule has 1 saturated heterocycles. The monoisotopic (exact) mass is 399 g/mol. The van der Waals surface area contributed by atoms with Gasteiger partial charge >= 0.3 is 6.09 Å². The molecule has 3 heterocycles. The lowest BCUT2D eigenvalue weighted by Crippen LogP contribution is -2.42. The van der Waals surface area contributed by atoms with Crippen LogP contribution in [0.1, 0.15) is 40.0 Å². The molecular weight excluding hydrogens is 370 g/mol. The second-order valence-corrected chi connectivity index (χ2v) is 8.36. The molecule has 1 fully saturated rings. The van der Waals surface area contributed by atoms with Crippen LogP contribution >= 0.6 is 0 Å². The number of ether oxygens (including phenoxy) is 1. The zero-order valence-corrected chi connectivity index (χ0v) is 17.5. The zero-order chi connectivity index (χ0) is 21.0. The van der Waals surface area contributed by atoms with Gasteiger partial charge in [-0.2, -0.15) is 0 Å². The SMILES string of the molecule is Cn1c(N[C@H]2CCCCN(C(=O)OC(C)(C)C)C2)nc(-c2ccncc2)cc1=O. The molecule has 0 radical (unpaired) electrons. The Morgan fingerprint density at radius 1 is 1.24 bits per heavy atom. The van der Waals surface area contributed by atoms with Gasteiger partial charge in [-0.25, -0.2) is 9.78 Å². The van der Waals surface area contributed by atoms with Gasteiger partial charge in [-0.1, -0.05) is 0 Å². The van der Waals surface area contributed by atoms with E-state index in [0.717, 1.165) is 24.8 Å². The van der Waals surface area contributed by atoms with E-state index in [1.54, 1.807) is 24.3 Å². The Hall–Kier alpha value is -2.90. The summed E-state index contributed by atoms with van der Waals surface area (Å²) in [5, 5.41) is 3.37. The number of likely N-dealkylation sites (tertiary alicyclic amines) is 1. The van der Waals surface area contributed by atoms with E-state index in [1.807, 2.05) is 32.9 Å². The number of nitrogens with zero attached hydrogens (tertiary/aromatic N) is 4. The normalized spacial score (nSPS) is 17.5. The maximum atomic E-state index is 12.5. The number of hydrogen-bond donors (Lipinski definition) is 1. The molecule has 0 bridgehead atoms. The van der Waals surface area contributed by atoms with E-state index in [2.05, 4.69) is 15.3 Å². The maximum Gasteiger partial charge on any atom is 0.410 e. The Bertz CT molecular complexity index is 905. The summed E-state index contributed by atoms with van der Waals surface area (Å²) in [5.74, 6) is 0.486. The molecule has 0 aliphatic carbocycles. The van der Waals surface area contributed by atoms with Crippen LogP contribution in [0.5, 0.6) is 0 Å². The molecule has 1 amide bonds. The van der Waals surface area contributed by atoms with E-state index in [1.165, 1.54) is 10.6 Å². The molecule has 1 atom stereocenters. The summed E-state index contributed by atoms with van der Waals surface area (Å²) < 4.78 is 7.03. The van der Waals surface area contributed by atoms with Gasteiger partial charge in [0.25, 0.3) is 5.56 Å². The molecule has 8 heteroatoms. The number of amides is 1. The largest absolute Gasteiger partial charge is 0.444 e. The van der Waals surface area contributed by atoms with Gasteiger partial charge in [-0.05, 0) is 52.2 Å². The number of pyridine rings is 1. The van der Waals surface area contributed by atoms with Crippen LogP contribution in [0.2, 0.25) is 0 Å². The fourth-order valence-corrected chi connectivity index (χ4v) is 3.27. The van der Waals surface area contributed by atoms with Crippen molar-refractivity contribution in [3.8, 4) is 11.3 Å². The smallest absolute Gasteiger partial charge is 0.410 e. The number of carbonyl (C=O) groups is 1. The van der Waals surface area contributed by atoms with Crippen molar-refractivity contribution in [1.29, 1.82) is 0 Å². The molecule has 2 aromatic heterocycles. The number of aromatic nitrogens is 3. The third-order valence-corrected chi connectivity index (χ3v) is 4.77. The highest BCUT2D eigenvalue weighted by Gasteiger charge is 2.27. The maximum absolute atomic E-state index is 12.5. The third kappa shape index (κ3) is 5.56. The van der Waals surface area contributed by atoms with Gasteiger partial charge in [0.05, 0.1) is 5.69 Å².